The Morgan fingerprint density at radius 1 is 0.742 bits per heavy atom. The molecule has 3 aromatic heterocycles. The molecule has 4 heteroatoms. The molecule has 6 aromatic rings. The fourth-order valence-electron chi connectivity index (χ4n) is 4.76. The van der Waals surface area contributed by atoms with Gasteiger partial charge in [-0.05, 0) is 61.7 Å². The van der Waals surface area contributed by atoms with Gasteiger partial charge in [0.1, 0.15) is 29.2 Å². The van der Waals surface area contributed by atoms with Gasteiger partial charge in [0.2, 0.25) is 0 Å². The van der Waals surface area contributed by atoms with Crippen molar-refractivity contribution < 1.29 is 13.4 Å². The van der Waals surface area contributed by atoms with E-state index in [2.05, 4.69) is 79.7 Å². The summed E-state index contributed by atoms with van der Waals surface area (Å²) >= 11 is 0. The van der Waals surface area contributed by atoms with Crippen molar-refractivity contribution in [3.8, 4) is 17.1 Å². The van der Waals surface area contributed by atoms with Gasteiger partial charge >= 0.3 is 0 Å². The van der Waals surface area contributed by atoms with Gasteiger partial charge in [0.05, 0.1) is 23.4 Å². The fourth-order valence-corrected chi connectivity index (χ4v) is 4.76. The standard InChI is InChI=1S/C27H23N2O2/c1-16-8-7-9-17(2)24(16)29-13-12-28(4)27(29)20-15-23-21(14-18(20)3)26-25(31-23)19-10-5-6-11-22(19)30-26/h5-15H,1-4H3/q+1. The smallest absolute Gasteiger partial charge is 0.294 e. The van der Waals surface area contributed by atoms with Gasteiger partial charge in [-0.2, -0.15) is 4.57 Å². The Morgan fingerprint density at radius 2 is 1.45 bits per heavy atom. The number of para-hydroxylation sites is 2. The maximum Gasteiger partial charge on any atom is 0.294 e. The lowest BCUT2D eigenvalue weighted by molar-refractivity contribution is -0.659. The highest BCUT2D eigenvalue weighted by molar-refractivity contribution is 6.13. The van der Waals surface area contributed by atoms with Crippen LogP contribution in [0.4, 0.5) is 0 Å². The van der Waals surface area contributed by atoms with Crippen LogP contribution >= 0.6 is 0 Å². The zero-order chi connectivity index (χ0) is 21.3. The highest BCUT2D eigenvalue weighted by Crippen LogP contribution is 2.39. The predicted octanol–water partition coefficient (Wildman–Crippen LogP) is 6.54. The van der Waals surface area contributed by atoms with Crippen LogP contribution in [0.5, 0.6) is 0 Å². The second-order valence-electron chi connectivity index (χ2n) is 8.36. The molecular formula is C27H23N2O2+. The van der Waals surface area contributed by atoms with E-state index >= 15 is 0 Å². The summed E-state index contributed by atoms with van der Waals surface area (Å²) in [6.07, 6.45) is 4.24. The zero-order valence-electron chi connectivity index (χ0n) is 18.1. The van der Waals surface area contributed by atoms with Crippen molar-refractivity contribution in [2.24, 2.45) is 7.05 Å². The van der Waals surface area contributed by atoms with Crippen molar-refractivity contribution in [2.45, 2.75) is 20.8 Å². The molecule has 0 aliphatic heterocycles. The molecule has 31 heavy (non-hydrogen) atoms. The maximum absolute atomic E-state index is 6.32. The average molecular weight is 407 g/mol. The molecule has 152 valence electrons. The summed E-state index contributed by atoms with van der Waals surface area (Å²) in [5, 5.41) is 2.03. The zero-order valence-corrected chi connectivity index (χ0v) is 18.1. The Hall–Kier alpha value is -3.79. The van der Waals surface area contributed by atoms with Crippen LogP contribution < -0.4 is 4.57 Å². The number of aryl methyl sites for hydroxylation is 4. The fraction of sp³-hybridized carbons (Fsp3) is 0.148. The van der Waals surface area contributed by atoms with Crippen LogP contribution in [-0.4, -0.2) is 4.57 Å². The summed E-state index contributed by atoms with van der Waals surface area (Å²) in [5.74, 6) is 1.12. The van der Waals surface area contributed by atoms with Gasteiger partial charge in [-0.25, -0.2) is 4.57 Å². The van der Waals surface area contributed by atoms with E-state index < -0.39 is 0 Å². The van der Waals surface area contributed by atoms with Crippen molar-refractivity contribution >= 4 is 33.1 Å². The van der Waals surface area contributed by atoms with Gasteiger partial charge < -0.3 is 8.83 Å². The van der Waals surface area contributed by atoms with Crippen LogP contribution in [0.3, 0.4) is 0 Å². The molecule has 0 spiro atoms. The first-order valence-electron chi connectivity index (χ1n) is 10.5. The minimum absolute atomic E-state index is 0.816. The van der Waals surface area contributed by atoms with Gasteiger partial charge in [0, 0.05) is 0 Å². The molecule has 0 N–H and O–H groups in total. The topological polar surface area (TPSA) is 35.1 Å². The highest BCUT2D eigenvalue weighted by atomic mass is 16.4. The monoisotopic (exact) mass is 407 g/mol. The number of furan rings is 2. The first kappa shape index (κ1) is 18.0. The van der Waals surface area contributed by atoms with Crippen LogP contribution in [0.15, 0.2) is 75.8 Å². The minimum Gasteiger partial charge on any atom is -0.452 e. The summed E-state index contributed by atoms with van der Waals surface area (Å²) in [6, 6.07) is 18.8. The lowest BCUT2D eigenvalue weighted by Gasteiger charge is -2.10. The molecule has 3 heterocycles. The molecule has 0 aliphatic carbocycles. The van der Waals surface area contributed by atoms with Crippen molar-refractivity contribution in [3.05, 3.63) is 83.7 Å². The molecule has 0 radical (unpaired) electrons. The van der Waals surface area contributed by atoms with Crippen LogP contribution in [-0.2, 0) is 7.05 Å². The summed E-state index contributed by atoms with van der Waals surface area (Å²) in [5.41, 5.74) is 9.37. The van der Waals surface area contributed by atoms with Gasteiger partial charge in [-0.3, -0.25) is 0 Å². The first-order valence-corrected chi connectivity index (χ1v) is 10.5. The third-order valence-electron chi connectivity index (χ3n) is 6.26. The van der Waals surface area contributed by atoms with E-state index in [1.807, 2.05) is 24.3 Å². The molecule has 0 saturated heterocycles. The summed E-state index contributed by atoms with van der Waals surface area (Å²) in [6.45, 7) is 6.47. The Morgan fingerprint density at radius 3 is 2.26 bits per heavy atom. The van der Waals surface area contributed by atoms with Gasteiger partial charge in [-0.1, -0.05) is 30.3 Å². The van der Waals surface area contributed by atoms with Crippen molar-refractivity contribution in [1.82, 2.24) is 4.57 Å². The maximum atomic E-state index is 6.32. The number of imidazole rings is 1. The molecule has 3 aromatic carbocycles. The van der Waals surface area contributed by atoms with Crippen LogP contribution in [0.25, 0.3) is 50.2 Å². The van der Waals surface area contributed by atoms with E-state index in [1.54, 1.807) is 0 Å². The highest BCUT2D eigenvalue weighted by Gasteiger charge is 2.25. The van der Waals surface area contributed by atoms with Gasteiger partial charge in [0.15, 0.2) is 11.2 Å². The number of fused-ring (bicyclic) bond motifs is 5. The number of benzene rings is 3. The minimum atomic E-state index is 0.816. The number of hydrogen-bond acceptors (Lipinski definition) is 2. The second-order valence-corrected chi connectivity index (χ2v) is 8.36. The Kier molecular flexibility index (Phi) is 3.69. The van der Waals surface area contributed by atoms with E-state index in [9.17, 15) is 0 Å². The second kappa shape index (κ2) is 6.35. The Bertz CT molecular complexity index is 1610. The number of nitrogens with zero attached hydrogens (tertiary/aromatic N) is 2. The molecule has 6 rings (SSSR count). The van der Waals surface area contributed by atoms with Crippen LogP contribution in [0.1, 0.15) is 16.7 Å². The third kappa shape index (κ3) is 2.51. The lowest BCUT2D eigenvalue weighted by atomic mass is 10.0. The van der Waals surface area contributed by atoms with Crippen LogP contribution in [0, 0.1) is 20.8 Å². The van der Waals surface area contributed by atoms with E-state index in [1.165, 1.54) is 22.4 Å². The largest absolute Gasteiger partial charge is 0.452 e. The molecule has 0 unspecified atom stereocenters. The van der Waals surface area contributed by atoms with Gasteiger partial charge in [-0.15, -0.1) is 0 Å². The third-order valence-corrected chi connectivity index (χ3v) is 6.26. The molecular weight excluding hydrogens is 384 g/mol. The molecule has 0 amide bonds. The number of aromatic nitrogens is 2. The molecule has 0 aliphatic rings. The molecule has 4 nitrogen and oxygen atoms in total. The van der Waals surface area contributed by atoms with Crippen molar-refractivity contribution in [2.75, 3.05) is 0 Å². The van der Waals surface area contributed by atoms with E-state index in [-0.39, 0.29) is 0 Å². The predicted molar refractivity (Wildman–Crippen MR) is 124 cm³/mol. The van der Waals surface area contributed by atoms with E-state index in [0.717, 1.165) is 44.5 Å². The summed E-state index contributed by atoms with van der Waals surface area (Å²) < 4.78 is 16.9. The number of hydrogen-bond donors (Lipinski definition) is 0. The normalized spacial score (nSPS) is 11.9. The molecule has 0 saturated carbocycles. The SMILES string of the molecule is Cc1cc2c(cc1-c1n(-c3c(C)cccc3C)cc[n+]1C)oc1c3ccccc3oc21. The lowest BCUT2D eigenvalue weighted by Crippen LogP contribution is -2.29. The quantitative estimate of drug-likeness (QED) is 0.306. The Labute approximate surface area is 179 Å². The van der Waals surface area contributed by atoms with E-state index in [4.69, 9.17) is 8.83 Å². The van der Waals surface area contributed by atoms with Crippen LogP contribution in [0.2, 0.25) is 0 Å². The van der Waals surface area contributed by atoms with Gasteiger partial charge in [0.25, 0.3) is 5.82 Å². The van der Waals surface area contributed by atoms with Crippen molar-refractivity contribution in [1.29, 1.82) is 0 Å². The van der Waals surface area contributed by atoms with Crippen molar-refractivity contribution in [3.63, 3.8) is 0 Å². The molecule has 0 bridgehead atoms. The first-order chi connectivity index (χ1) is 15.0. The molecule has 0 atom stereocenters. The molecule has 0 fully saturated rings. The average Bonchev–Trinajstić information content (AvgIpc) is 3.40. The Balaban J connectivity index is 1.63. The van der Waals surface area contributed by atoms with E-state index in [0.29, 0.717) is 0 Å². The summed E-state index contributed by atoms with van der Waals surface area (Å²) in [7, 11) is 2.09. The summed E-state index contributed by atoms with van der Waals surface area (Å²) in [4.78, 5) is 0. The number of rotatable bonds is 2.